The lowest BCUT2D eigenvalue weighted by atomic mass is 10.0. The van der Waals surface area contributed by atoms with E-state index in [9.17, 15) is 4.79 Å². The Morgan fingerprint density at radius 3 is 2.43 bits per heavy atom. The Kier molecular flexibility index (Phi) is 5.26. The Balaban J connectivity index is 1.90. The number of hydrogen-bond acceptors (Lipinski definition) is 4. The third-order valence-electron chi connectivity index (χ3n) is 3.52. The van der Waals surface area contributed by atoms with Gasteiger partial charge in [0.25, 0.3) is 0 Å². The summed E-state index contributed by atoms with van der Waals surface area (Å²) in [7, 11) is 2.05. The Labute approximate surface area is 130 Å². The van der Waals surface area contributed by atoms with Gasteiger partial charge in [0.15, 0.2) is 5.78 Å². The maximum absolute atomic E-state index is 12.3. The fourth-order valence-electron chi connectivity index (χ4n) is 2.37. The number of ketones is 1. The number of rotatable bonds is 6. The van der Waals surface area contributed by atoms with E-state index >= 15 is 0 Å². The molecule has 3 nitrogen and oxygen atoms in total. The van der Waals surface area contributed by atoms with Gasteiger partial charge in [0.2, 0.25) is 0 Å². The molecule has 4 heteroatoms. The Morgan fingerprint density at radius 1 is 1.19 bits per heavy atom. The summed E-state index contributed by atoms with van der Waals surface area (Å²) in [6.07, 6.45) is 0.553. The van der Waals surface area contributed by atoms with Crippen molar-refractivity contribution in [2.24, 2.45) is 0 Å². The van der Waals surface area contributed by atoms with Gasteiger partial charge in [0.1, 0.15) is 0 Å². The molecule has 0 unspecified atom stereocenters. The normalized spacial score (nSPS) is 11.1. The van der Waals surface area contributed by atoms with Crippen LogP contribution in [0.4, 0.5) is 0 Å². The molecule has 1 heterocycles. The largest absolute Gasteiger partial charge is 0.301 e. The SMILES string of the molecule is Cc1cc(C)cc(C(=O)CCN(C)Cc2scnc2C)c1. The molecule has 0 saturated carbocycles. The van der Waals surface area contributed by atoms with Gasteiger partial charge in [-0.3, -0.25) is 4.79 Å². The number of aromatic nitrogens is 1. The fourth-order valence-corrected chi connectivity index (χ4v) is 3.23. The first kappa shape index (κ1) is 15.9. The summed E-state index contributed by atoms with van der Waals surface area (Å²) in [4.78, 5) is 20.0. The standard InChI is InChI=1S/C17H22N2OS/c1-12-7-13(2)9-15(8-12)16(20)5-6-19(4)10-17-14(3)18-11-21-17/h7-9,11H,5-6,10H2,1-4H3. The molecule has 2 rings (SSSR count). The summed E-state index contributed by atoms with van der Waals surface area (Å²) in [5, 5.41) is 0. The average Bonchev–Trinajstić information content (AvgIpc) is 2.80. The quantitative estimate of drug-likeness (QED) is 0.762. The van der Waals surface area contributed by atoms with Gasteiger partial charge in [-0.25, -0.2) is 4.98 Å². The van der Waals surface area contributed by atoms with Crippen LogP contribution in [0, 0.1) is 20.8 Å². The lowest BCUT2D eigenvalue weighted by Crippen LogP contribution is -2.21. The highest BCUT2D eigenvalue weighted by Crippen LogP contribution is 2.15. The van der Waals surface area contributed by atoms with E-state index in [1.165, 1.54) is 4.88 Å². The molecule has 0 radical (unpaired) electrons. The number of thiazole rings is 1. The number of benzene rings is 1. The molecule has 0 spiro atoms. The number of carbonyl (C=O) groups excluding carboxylic acids is 1. The average molecular weight is 302 g/mol. The molecule has 0 amide bonds. The second-order valence-corrected chi connectivity index (χ2v) is 6.59. The Morgan fingerprint density at radius 2 is 1.86 bits per heavy atom. The first-order valence-corrected chi connectivity index (χ1v) is 8.02. The second-order valence-electron chi connectivity index (χ2n) is 5.65. The number of Topliss-reactive ketones (excluding diaryl/α,β-unsaturated/α-hetero) is 1. The third-order valence-corrected chi connectivity index (χ3v) is 4.44. The molecule has 0 saturated heterocycles. The van der Waals surface area contributed by atoms with Gasteiger partial charge in [-0.05, 0) is 40.0 Å². The monoisotopic (exact) mass is 302 g/mol. The molecule has 0 fully saturated rings. The van der Waals surface area contributed by atoms with Crippen LogP contribution in [-0.2, 0) is 6.54 Å². The minimum Gasteiger partial charge on any atom is -0.301 e. The van der Waals surface area contributed by atoms with E-state index in [1.54, 1.807) is 11.3 Å². The van der Waals surface area contributed by atoms with E-state index in [2.05, 4.69) is 16.0 Å². The Bertz CT molecular complexity index is 613. The smallest absolute Gasteiger partial charge is 0.164 e. The lowest BCUT2D eigenvalue weighted by Gasteiger charge is -2.15. The highest BCUT2D eigenvalue weighted by molar-refractivity contribution is 7.09. The zero-order valence-electron chi connectivity index (χ0n) is 13.1. The minimum atomic E-state index is 0.217. The zero-order chi connectivity index (χ0) is 15.4. The summed E-state index contributed by atoms with van der Waals surface area (Å²) in [6, 6.07) is 6.04. The van der Waals surface area contributed by atoms with Crippen molar-refractivity contribution in [2.45, 2.75) is 33.7 Å². The van der Waals surface area contributed by atoms with E-state index in [0.29, 0.717) is 6.42 Å². The van der Waals surface area contributed by atoms with Crippen LogP contribution in [0.25, 0.3) is 0 Å². The molecule has 2 aromatic rings. The van der Waals surface area contributed by atoms with Crippen LogP contribution in [-0.4, -0.2) is 29.3 Å². The van der Waals surface area contributed by atoms with Crippen molar-refractivity contribution in [1.29, 1.82) is 0 Å². The maximum atomic E-state index is 12.3. The molecule has 1 aromatic heterocycles. The van der Waals surface area contributed by atoms with Crippen molar-refractivity contribution >= 4 is 17.1 Å². The van der Waals surface area contributed by atoms with Crippen molar-refractivity contribution < 1.29 is 4.79 Å². The van der Waals surface area contributed by atoms with Gasteiger partial charge in [0, 0.05) is 30.0 Å². The van der Waals surface area contributed by atoms with Gasteiger partial charge in [-0.2, -0.15) is 0 Å². The van der Waals surface area contributed by atoms with E-state index in [1.807, 2.05) is 45.5 Å². The summed E-state index contributed by atoms with van der Waals surface area (Å²) in [5.74, 6) is 0.217. The van der Waals surface area contributed by atoms with Crippen LogP contribution in [0.5, 0.6) is 0 Å². The molecule has 0 atom stereocenters. The van der Waals surface area contributed by atoms with Crippen molar-refractivity contribution in [1.82, 2.24) is 9.88 Å². The van der Waals surface area contributed by atoms with Gasteiger partial charge < -0.3 is 4.90 Å². The third kappa shape index (κ3) is 4.48. The first-order valence-electron chi connectivity index (χ1n) is 7.14. The molecule has 0 bridgehead atoms. The van der Waals surface area contributed by atoms with E-state index < -0.39 is 0 Å². The van der Waals surface area contributed by atoms with E-state index in [-0.39, 0.29) is 5.78 Å². The van der Waals surface area contributed by atoms with Crippen LogP contribution < -0.4 is 0 Å². The number of nitrogens with zero attached hydrogens (tertiary/aromatic N) is 2. The van der Waals surface area contributed by atoms with Crippen LogP contribution >= 0.6 is 11.3 Å². The minimum absolute atomic E-state index is 0.217. The Hall–Kier alpha value is -1.52. The summed E-state index contributed by atoms with van der Waals surface area (Å²) >= 11 is 1.67. The van der Waals surface area contributed by atoms with E-state index in [4.69, 9.17) is 0 Å². The number of hydrogen-bond donors (Lipinski definition) is 0. The van der Waals surface area contributed by atoms with Crippen LogP contribution in [0.1, 0.15) is 38.5 Å². The number of aryl methyl sites for hydroxylation is 3. The van der Waals surface area contributed by atoms with Gasteiger partial charge in [-0.15, -0.1) is 11.3 Å². The molecular weight excluding hydrogens is 280 g/mol. The predicted octanol–water partition coefficient (Wildman–Crippen LogP) is 3.77. The molecule has 0 aliphatic rings. The van der Waals surface area contributed by atoms with Crippen LogP contribution in [0.2, 0.25) is 0 Å². The first-order chi connectivity index (χ1) is 9.95. The molecule has 21 heavy (non-hydrogen) atoms. The van der Waals surface area contributed by atoms with Crippen LogP contribution in [0.15, 0.2) is 23.7 Å². The van der Waals surface area contributed by atoms with Gasteiger partial charge in [0.05, 0.1) is 11.2 Å². The summed E-state index contributed by atoms with van der Waals surface area (Å²) < 4.78 is 0. The highest BCUT2D eigenvalue weighted by atomic mass is 32.1. The zero-order valence-corrected chi connectivity index (χ0v) is 14.0. The molecule has 112 valence electrons. The molecule has 1 aromatic carbocycles. The van der Waals surface area contributed by atoms with Crippen molar-refractivity contribution in [3.63, 3.8) is 0 Å². The summed E-state index contributed by atoms with van der Waals surface area (Å²) in [6.45, 7) is 7.71. The molecular formula is C17H22N2OS. The van der Waals surface area contributed by atoms with Crippen molar-refractivity contribution in [3.05, 3.63) is 51.0 Å². The highest BCUT2D eigenvalue weighted by Gasteiger charge is 2.10. The predicted molar refractivity (Wildman–Crippen MR) is 88.0 cm³/mol. The number of carbonyl (C=O) groups is 1. The fraction of sp³-hybridized carbons (Fsp3) is 0.412. The van der Waals surface area contributed by atoms with Crippen LogP contribution in [0.3, 0.4) is 0 Å². The van der Waals surface area contributed by atoms with E-state index in [0.717, 1.165) is 35.5 Å². The van der Waals surface area contributed by atoms with Crippen molar-refractivity contribution in [2.75, 3.05) is 13.6 Å². The second kappa shape index (κ2) is 6.96. The van der Waals surface area contributed by atoms with Crippen molar-refractivity contribution in [3.8, 4) is 0 Å². The van der Waals surface area contributed by atoms with Gasteiger partial charge in [-0.1, -0.05) is 17.2 Å². The molecule has 0 N–H and O–H groups in total. The lowest BCUT2D eigenvalue weighted by molar-refractivity contribution is 0.0968. The summed E-state index contributed by atoms with van der Waals surface area (Å²) in [5.41, 5.74) is 6.08. The molecule has 0 aliphatic carbocycles. The molecule has 0 aliphatic heterocycles. The van der Waals surface area contributed by atoms with Gasteiger partial charge >= 0.3 is 0 Å². The topological polar surface area (TPSA) is 33.2 Å². The maximum Gasteiger partial charge on any atom is 0.164 e.